The number of carboxylic acids is 2. The SMILES string of the molecule is CCCCCCC(=O)O.CCCCCCCCCC(=O)O.OCC(CO)(CO)CO. The van der Waals surface area contributed by atoms with Crippen LogP contribution in [0.1, 0.15) is 97.3 Å². The molecule has 0 aliphatic carbocycles. The normalized spacial score (nSPS) is 10.5. The van der Waals surface area contributed by atoms with Crippen LogP contribution in [0, 0.1) is 5.41 Å². The number of hydrogen-bond donors (Lipinski definition) is 6. The number of aliphatic carboxylic acids is 2. The molecule has 30 heavy (non-hydrogen) atoms. The quantitative estimate of drug-likeness (QED) is 0.189. The maximum Gasteiger partial charge on any atom is 0.303 e. The number of aliphatic hydroxyl groups is 4. The maximum absolute atomic E-state index is 10.1. The first-order valence-corrected chi connectivity index (χ1v) is 11.2. The third kappa shape index (κ3) is 26.8. The van der Waals surface area contributed by atoms with E-state index in [4.69, 9.17) is 30.6 Å². The van der Waals surface area contributed by atoms with Crippen LogP contribution in [0.3, 0.4) is 0 Å². The van der Waals surface area contributed by atoms with Crippen molar-refractivity contribution in [3.63, 3.8) is 0 Å². The molecular formula is C22H46O8. The molecule has 8 nitrogen and oxygen atoms in total. The molecule has 182 valence electrons. The van der Waals surface area contributed by atoms with Gasteiger partial charge in [-0.15, -0.1) is 0 Å². The molecule has 0 aliphatic rings. The summed E-state index contributed by atoms with van der Waals surface area (Å²) in [6.45, 7) is 2.69. The molecular weight excluding hydrogens is 392 g/mol. The Bertz CT molecular complexity index is 353. The van der Waals surface area contributed by atoms with Gasteiger partial charge in [-0.25, -0.2) is 0 Å². The van der Waals surface area contributed by atoms with Crippen LogP contribution < -0.4 is 0 Å². The smallest absolute Gasteiger partial charge is 0.303 e. The van der Waals surface area contributed by atoms with Gasteiger partial charge >= 0.3 is 11.9 Å². The highest BCUT2D eigenvalue weighted by Crippen LogP contribution is 2.12. The van der Waals surface area contributed by atoms with Crippen molar-refractivity contribution >= 4 is 11.9 Å². The van der Waals surface area contributed by atoms with Crippen LogP contribution >= 0.6 is 0 Å². The zero-order valence-electron chi connectivity index (χ0n) is 19.0. The van der Waals surface area contributed by atoms with E-state index in [-0.39, 0.29) is 0 Å². The second-order valence-corrected chi connectivity index (χ2v) is 7.60. The van der Waals surface area contributed by atoms with E-state index < -0.39 is 43.8 Å². The van der Waals surface area contributed by atoms with Crippen LogP contribution in [0.15, 0.2) is 0 Å². The standard InChI is InChI=1S/C10H20O2.C7H14O2.C5H12O4/c1-2-3-4-5-6-7-8-9-10(11)12;1-2-3-4-5-6-7(8)9;6-1-5(2-7,3-8)4-9/h2-9H2,1H3,(H,11,12);2-6H2,1H3,(H,8,9);6-9H,1-4H2. The zero-order valence-corrected chi connectivity index (χ0v) is 19.0. The minimum absolute atomic E-state index is 0.333. The van der Waals surface area contributed by atoms with Gasteiger partial charge in [0, 0.05) is 12.8 Å². The lowest BCUT2D eigenvalue weighted by atomic mass is 9.93. The average Bonchev–Trinajstić information content (AvgIpc) is 2.73. The molecule has 0 heterocycles. The van der Waals surface area contributed by atoms with Gasteiger partial charge in [0.2, 0.25) is 0 Å². The van der Waals surface area contributed by atoms with Crippen LogP contribution in [0.5, 0.6) is 0 Å². The molecule has 0 aromatic heterocycles. The number of carbonyl (C=O) groups is 2. The number of aliphatic hydroxyl groups excluding tert-OH is 4. The van der Waals surface area contributed by atoms with Crippen LogP contribution in [-0.2, 0) is 9.59 Å². The zero-order chi connectivity index (χ0) is 23.7. The molecule has 0 rings (SSSR count). The fraction of sp³-hybridized carbons (Fsp3) is 0.909. The van der Waals surface area contributed by atoms with Gasteiger partial charge in [-0.2, -0.15) is 0 Å². The largest absolute Gasteiger partial charge is 0.481 e. The summed E-state index contributed by atoms with van der Waals surface area (Å²) < 4.78 is 0. The molecule has 8 heteroatoms. The lowest BCUT2D eigenvalue weighted by molar-refractivity contribution is -0.138. The van der Waals surface area contributed by atoms with E-state index in [0.717, 1.165) is 32.1 Å². The molecule has 6 N–H and O–H groups in total. The Hall–Kier alpha value is -1.22. The van der Waals surface area contributed by atoms with Crippen molar-refractivity contribution in [3.8, 4) is 0 Å². The Balaban J connectivity index is -0.000000371. The van der Waals surface area contributed by atoms with E-state index in [1.165, 1.54) is 38.5 Å². The monoisotopic (exact) mass is 438 g/mol. The molecule has 0 unspecified atom stereocenters. The Morgan fingerprint density at radius 3 is 1.03 bits per heavy atom. The van der Waals surface area contributed by atoms with Crippen molar-refractivity contribution in [2.45, 2.75) is 97.3 Å². The van der Waals surface area contributed by atoms with Gasteiger partial charge in [-0.05, 0) is 12.8 Å². The van der Waals surface area contributed by atoms with Gasteiger partial charge in [0.05, 0.1) is 31.8 Å². The van der Waals surface area contributed by atoms with Gasteiger partial charge in [0.25, 0.3) is 0 Å². The summed E-state index contributed by atoms with van der Waals surface area (Å²) in [6, 6.07) is 0. The third-order valence-corrected chi connectivity index (χ3v) is 4.58. The molecule has 0 aliphatic heterocycles. The summed E-state index contributed by atoms with van der Waals surface area (Å²) >= 11 is 0. The third-order valence-electron chi connectivity index (χ3n) is 4.58. The summed E-state index contributed by atoms with van der Waals surface area (Å²) in [5.41, 5.74) is -1.11. The van der Waals surface area contributed by atoms with E-state index in [1.807, 2.05) is 0 Å². The summed E-state index contributed by atoms with van der Waals surface area (Å²) in [6.07, 6.45) is 13.2. The van der Waals surface area contributed by atoms with Crippen LogP contribution in [0.25, 0.3) is 0 Å². The molecule has 0 aromatic carbocycles. The maximum atomic E-state index is 10.1. The number of hydrogen-bond acceptors (Lipinski definition) is 6. The Morgan fingerprint density at radius 1 is 0.533 bits per heavy atom. The van der Waals surface area contributed by atoms with Gasteiger partial charge in [-0.3, -0.25) is 9.59 Å². The summed E-state index contributed by atoms with van der Waals surface area (Å²) in [5, 5.41) is 50.6. The van der Waals surface area contributed by atoms with Gasteiger partial charge in [0.15, 0.2) is 0 Å². The molecule has 0 amide bonds. The van der Waals surface area contributed by atoms with Gasteiger partial charge in [0.1, 0.15) is 0 Å². The van der Waals surface area contributed by atoms with Crippen molar-refractivity contribution in [1.82, 2.24) is 0 Å². The Morgan fingerprint density at radius 2 is 0.800 bits per heavy atom. The highest BCUT2D eigenvalue weighted by atomic mass is 16.4. The van der Waals surface area contributed by atoms with Crippen molar-refractivity contribution in [1.29, 1.82) is 0 Å². The lowest BCUT2D eigenvalue weighted by Gasteiger charge is -2.23. The van der Waals surface area contributed by atoms with Crippen LogP contribution in [0.2, 0.25) is 0 Å². The number of rotatable bonds is 17. The molecule has 0 saturated heterocycles. The summed E-state index contributed by atoms with van der Waals surface area (Å²) in [7, 11) is 0. The second kappa shape index (κ2) is 25.8. The van der Waals surface area contributed by atoms with Crippen molar-refractivity contribution < 1.29 is 40.2 Å². The fourth-order valence-corrected chi connectivity index (χ4v) is 2.24. The van der Waals surface area contributed by atoms with E-state index >= 15 is 0 Å². The van der Waals surface area contributed by atoms with Crippen molar-refractivity contribution in [2.75, 3.05) is 26.4 Å². The van der Waals surface area contributed by atoms with Gasteiger partial charge in [-0.1, -0.05) is 71.6 Å². The number of carboxylic acid groups (broad SMARTS) is 2. The van der Waals surface area contributed by atoms with E-state index in [1.54, 1.807) is 0 Å². The second-order valence-electron chi connectivity index (χ2n) is 7.60. The first-order chi connectivity index (χ1) is 14.3. The minimum atomic E-state index is -1.11. The molecule has 0 aromatic rings. The lowest BCUT2D eigenvalue weighted by Crippen LogP contribution is -2.37. The van der Waals surface area contributed by atoms with E-state index in [2.05, 4.69) is 13.8 Å². The highest BCUT2D eigenvalue weighted by Gasteiger charge is 2.26. The number of unbranched alkanes of at least 4 members (excludes halogenated alkanes) is 9. The average molecular weight is 439 g/mol. The predicted molar refractivity (Wildman–Crippen MR) is 117 cm³/mol. The molecule has 0 fully saturated rings. The summed E-state index contributed by atoms with van der Waals surface area (Å²) in [5.74, 6) is -1.34. The first kappa shape index (κ1) is 33.4. The van der Waals surface area contributed by atoms with Gasteiger partial charge < -0.3 is 30.6 Å². The minimum Gasteiger partial charge on any atom is -0.481 e. The molecule has 0 spiro atoms. The Labute approximate surface area is 182 Å². The highest BCUT2D eigenvalue weighted by molar-refractivity contribution is 5.66. The fourth-order valence-electron chi connectivity index (χ4n) is 2.24. The van der Waals surface area contributed by atoms with E-state index in [0.29, 0.717) is 12.8 Å². The van der Waals surface area contributed by atoms with Crippen molar-refractivity contribution in [3.05, 3.63) is 0 Å². The van der Waals surface area contributed by atoms with Crippen molar-refractivity contribution in [2.24, 2.45) is 5.41 Å². The summed E-state index contributed by atoms with van der Waals surface area (Å²) in [4.78, 5) is 20.1. The van der Waals surface area contributed by atoms with Crippen LogP contribution in [-0.4, -0.2) is 69.0 Å². The molecule has 0 saturated carbocycles. The Kier molecular flexibility index (Phi) is 28.8. The molecule has 0 atom stereocenters. The van der Waals surface area contributed by atoms with E-state index in [9.17, 15) is 9.59 Å². The molecule has 0 bridgehead atoms. The van der Waals surface area contributed by atoms with Crippen LogP contribution in [0.4, 0.5) is 0 Å². The predicted octanol–water partition coefficient (Wildman–Crippen LogP) is 3.20. The molecule has 0 radical (unpaired) electrons. The topological polar surface area (TPSA) is 156 Å². The first-order valence-electron chi connectivity index (χ1n) is 11.2.